The summed E-state index contributed by atoms with van der Waals surface area (Å²) < 4.78 is 5.26. The third kappa shape index (κ3) is 5.57. The van der Waals surface area contributed by atoms with Crippen LogP contribution >= 0.6 is 0 Å². The van der Waals surface area contributed by atoms with Crippen LogP contribution in [0.2, 0.25) is 0 Å². The number of phenolic OH excluding ortho intramolecular Hbond substituents is 1. The summed E-state index contributed by atoms with van der Waals surface area (Å²) in [5.74, 6) is 0.447. The largest absolute Gasteiger partial charge is 0.508 e. The highest BCUT2D eigenvalue weighted by atomic mass is 16.5. The average Bonchev–Trinajstić information content (AvgIpc) is 2.27. The minimum absolute atomic E-state index is 0.0564. The lowest BCUT2D eigenvalue weighted by Gasteiger charge is -2.15. The van der Waals surface area contributed by atoms with Crippen molar-refractivity contribution in [3.05, 3.63) is 24.3 Å². The van der Waals surface area contributed by atoms with Crippen LogP contribution in [0.1, 0.15) is 27.2 Å². The Morgan fingerprint density at radius 1 is 1.28 bits per heavy atom. The van der Waals surface area contributed by atoms with E-state index in [2.05, 4.69) is 19.2 Å². The number of carbonyl (C=O) groups is 1. The molecule has 0 radical (unpaired) electrons. The Kier molecular flexibility index (Phi) is 5.49. The molecular weight excluding hydrogens is 230 g/mol. The molecule has 0 aliphatic rings. The topological polar surface area (TPSA) is 58.6 Å². The minimum Gasteiger partial charge on any atom is -0.508 e. The van der Waals surface area contributed by atoms with E-state index in [4.69, 9.17) is 9.84 Å². The van der Waals surface area contributed by atoms with E-state index in [1.807, 2.05) is 6.92 Å². The van der Waals surface area contributed by atoms with Gasteiger partial charge in [-0.1, -0.05) is 13.8 Å². The van der Waals surface area contributed by atoms with Crippen LogP contribution in [0.3, 0.4) is 0 Å². The molecule has 0 heterocycles. The number of aromatic hydroxyl groups is 1. The van der Waals surface area contributed by atoms with Crippen molar-refractivity contribution in [1.82, 2.24) is 0 Å². The second kappa shape index (κ2) is 6.89. The summed E-state index contributed by atoms with van der Waals surface area (Å²) in [7, 11) is 0. The van der Waals surface area contributed by atoms with Gasteiger partial charge in [0.2, 0.25) is 0 Å². The molecular formula is C14H21NO3. The fourth-order valence-corrected chi connectivity index (χ4v) is 1.73. The fourth-order valence-electron chi connectivity index (χ4n) is 1.73. The normalized spacial score (nSPS) is 12.2. The monoisotopic (exact) mass is 251 g/mol. The first-order chi connectivity index (χ1) is 8.47. The Morgan fingerprint density at radius 2 is 1.89 bits per heavy atom. The molecule has 0 fully saturated rings. The number of phenols is 1. The number of nitrogens with one attached hydrogen (secondary N) is 1. The maximum Gasteiger partial charge on any atom is 0.325 e. The summed E-state index contributed by atoms with van der Waals surface area (Å²) in [5.41, 5.74) is 0.779. The van der Waals surface area contributed by atoms with Gasteiger partial charge in [0.1, 0.15) is 12.3 Å². The van der Waals surface area contributed by atoms with Crippen molar-refractivity contribution in [1.29, 1.82) is 0 Å². The number of ether oxygens (including phenoxy) is 1. The zero-order valence-corrected chi connectivity index (χ0v) is 11.1. The molecule has 0 bridgehead atoms. The molecule has 0 saturated carbocycles. The quantitative estimate of drug-likeness (QED) is 0.603. The Hall–Kier alpha value is -1.71. The van der Waals surface area contributed by atoms with E-state index in [1.54, 1.807) is 24.3 Å². The number of carbonyl (C=O) groups excluding carboxylic acids is 1. The second-order valence-electron chi connectivity index (χ2n) is 4.83. The van der Waals surface area contributed by atoms with E-state index in [0.717, 1.165) is 12.1 Å². The van der Waals surface area contributed by atoms with E-state index >= 15 is 0 Å². The van der Waals surface area contributed by atoms with Crippen LogP contribution in [0.4, 0.5) is 5.69 Å². The lowest BCUT2D eigenvalue weighted by Crippen LogP contribution is -2.22. The molecule has 1 atom stereocenters. The summed E-state index contributed by atoms with van der Waals surface area (Å²) in [5, 5.41) is 12.1. The van der Waals surface area contributed by atoms with Gasteiger partial charge in [-0.25, -0.2) is 0 Å². The van der Waals surface area contributed by atoms with Gasteiger partial charge in [-0.2, -0.15) is 0 Å². The van der Waals surface area contributed by atoms with Crippen LogP contribution in [0.25, 0.3) is 0 Å². The van der Waals surface area contributed by atoms with Crippen molar-refractivity contribution in [3.63, 3.8) is 0 Å². The molecule has 2 N–H and O–H groups in total. The SMILES string of the molecule is CC(C)CC(C)OC(=O)CNc1ccc(O)cc1. The van der Waals surface area contributed by atoms with Crippen molar-refractivity contribution in [2.24, 2.45) is 5.92 Å². The molecule has 0 aliphatic heterocycles. The Labute approximate surface area is 108 Å². The molecule has 1 unspecified atom stereocenters. The Bertz CT molecular complexity index is 373. The highest BCUT2D eigenvalue weighted by Gasteiger charge is 2.10. The van der Waals surface area contributed by atoms with Crippen molar-refractivity contribution >= 4 is 11.7 Å². The molecule has 1 aromatic rings. The first kappa shape index (κ1) is 14.4. The number of esters is 1. The molecule has 0 amide bonds. The highest BCUT2D eigenvalue weighted by molar-refractivity contribution is 5.75. The van der Waals surface area contributed by atoms with E-state index in [-0.39, 0.29) is 24.4 Å². The summed E-state index contributed by atoms with van der Waals surface area (Å²) in [6, 6.07) is 6.55. The molecule has 0 saturated heterocycles. The van der Waals surface area contributed by atoms with Gasteiger partial charge in [0, 0.05) is 5.69 Å². The zero-order valence-electron chi connectivity index (χ0n) is 11.1. The van der Waals surface area contributed by atoms with Crippen molar-refractivity contribution in [2.75, 3.05) is 11.9 Å². The van der Waals surface area contributed by atoms with Crippen LogP contribution in [-0.2, 0) is 9.53 Å². The van der Waals surface area contributed by atoms with Gasteiger partial charge in [-0.3, -0.25) is 4.79 Å². The van der Waals surface area contributed by atoms with E-state index in [0.29, 0.717) is 5.92 Å². The van der Waals surface area contributed by atoms with Crippen molar-refractivity contribution in [3.8, 4) is 5.75 Å². The molecule has 0 spiro atoms. The van der Waals surface area contributed by atoms with Crippen LogP contribution in [-0.4, -0.2) is 23.7 Å². The smallest absolute Gasteiger partial charge is 0.325 e. The van der Waals surface area contributed by atoms with Crippen LogP contribution in [0, 0.1) is 5.92 Å². The molecule has 4 nitrogen and oxygen atoms in total. The van der Waals surface area contributed by atoms with Crippen LogP contribution < -0.4 is 5.32 Å². The van der Waals surface area contributed by atoms with Crippen molar-refractivity contribution < 1.29 is 14.6 Å². The number of anilines is 1. The molecule has 1 aromatic carbocycles. The lowest BCUT2D eigenvalue weighted by atomic mass is 10.1. The minimum atomic E-state index is -0.267. The maximum atomic E-state index is 11.5. The second-order valence-corrected chi connectivity index (χ2v) is 4.83. The number of hydrogen-bond donors (Lipinski definition) is 2. The van der Waals surface area contributed by atoms with Gasteiger partial charge in [0.15, 0.2) is 0 Å². The standard InChI is InChI=1S/C14H21NO3/c1-10(2)8-11(3)18-14(17)9-15-12-4-6-13(16)7-5-12/h4-7,10-11,15-16H,8-9H2,1-3H3. The highest BCUT2D eigenvalue weighted by Crippen LogP contribution is 2.13. The molecule has 100 valence electrons. The fraction of sp³-hybridized carbons (Fsp3) is 0.500. The zero-order chi connectivity index (χ0) is 13.5. The summed E-state index contributed by atoms with van der Waals surface area (Å²) in [6.45, 7) is 6.23. The molecule has 0 aliphatic carbocycles. The summed E-state index contributed by atoms with van der Waals surface area (Å²) in [6.07, 6.45) is 0.810. The predicted octanol–water partition coefficient (Wildman–Crippen LogP) is 2.78. The van der Waals surface area contributed by atoms with E-state index in [9.17, 15) is 4.79 Å². The number of rotatable bonds is 6. The van der Waals surface area contributed by atoms with Crippen LogP contribution in [0.15, 0.2) is 24.3 Å². The van der Waals surface area contributed by atoms with Crippen LogP contribution in [0.5, 0.6) is 5.75 Å². The average molecular weight is 251 g/mol. The molecule has 4 heteroatoms. The molecule has 0 aromatic heterocycles. The Balaban J connectivity index is 2.30. The van der Waals surface area contributed by atoms with Gasteiger partial charge in [0.05, 0.1) is 6.10 Å². The third-order valence-corrected chi connectivity index (χ3v) is 2.44. The van der Waals surface area contributed by atoms with Gasteiger partial charge >= 0.3 is 5.97 Å². The third-order valence-electron chi connectivity index (χ3n) is 2.44. The number of hydrogen-bond acceptors (Lipinski definition) is 4. The molecule has 18 heavy (non-hydrogen) atoms. The van der Waals surface area contributed by atoms with Crippen molar-refractivity contribution in [2.45, 2.75) is 33.3 Å². The first-order valence-corrected chi connectivity index (χ1v) is 6.19. The predicted molar refractivity (Wildman–Crippen MR) is 71.6 cm³/mol. The number of benzene rings is 1. The summed E-state index contributed by atoms with van der Waals surface area (Å²) in [4.78, 5) is 11.5. The van der Waals surface area contributed by atoms with Gasteiger partial charge < -0.3 is 15.2 Å². The maximum absolute atomic E-state index is 11.5. The van der Waals surface area contributed by atoms with E-state index in [1.165, 1.54) is 0 Å². The van der Waals surface area contributed by atoms with Gasteiger partial charge in [0.25, 0.3) is 0 Å². The van der Waals surface area contributed by atoms with Gasteiger partial charge in [-0.15, -0.1) is 0 Å². The molecule has 1 rings (SSSR count). The first-order valence-electron chi connectivity index (χ1n) is 6.19. The summed E-state index contributed by atoms with van der Waals surface area (Å²) >= 11 is 0. The Morgan fingerprint density at radius 3 is 2.44 bits per heavy atom. The van der Waals surface area contributed by atoms with Gasteiger partial charge in [-0.05, 0) is 43.5 Å². The lowest BCUT2D eigenvalue weighted by molar-refractivity contribution is -0.146. The van der Waals surface area contributed by atoms with E-state index < -0.39 is 0 Å².